The number of anilines is 1. The standard InChI is InChI=1S/C26H35N5O3S2/c1-5-36(33,34)20-7-6-19(28-13-20)12-22(32)29-25-30-23-21(35-25)15-31(24(23)17(2)3)14-18-8-10-26(4,16-27)11-9-18/h6-7,13,17-18,24H,5,8-12,14-15H2,1-4H3,(H,29,30,32)/t18?,24-,26?/m0/s1. The van der Waals surface area contributed by atoms with Crippen molar-refractivity contribution in [3.05, 3.63) is 34.6 Å². The molecule has 2 aromatic heterocycles. The topological polar surface area (TPSA) is 116 Å². The summed E-state index contributed by atoms with van der Waals surface area (Å²) in [6.07, 6.45) is 5.49. The number of aromatic nitrogens is 2. The van der Waals surface area contributed by atoms with Gasteiger partial charge >= 0.3 is 0 Å². The number of nitrogens with zero attached hydrogens (tertiary/aromatic N) is 4. The Kier molecular flexibility index (Phi) is 7.83. The molecule has 1 saturated carbocycles. The molecule has 1 atom stereocenters. The summed E-state index contributed by atoms with van der Waals surface area (Å²) in [6.45, 7) is 9.96. The van der Waals surface area contributed by atoms with Crippen LogP contribution in [0.2, 0.25) is 0 Å². The number of rotatable bonds is 8. The molecule has 8 nitrogen and oxygen atoms in total. The fraction of sp³-hybridized carbons (Fsp3) is 0.615. The number of carbonyl (C=O) groups is 1. The Morgan fingerprint density at radius 3 is 2.64 bits per heavy atom. The normalized spacial score (nSPS) is 24.4. The molecule has 0 bridgehead atoms. The summed E-state index contributed by atoms with van der Waals surface area (Å²) in [5.41, 5.74) is 1.41. The molecule has 194 valence electrons. The third-order valence-electron chi connectivity index (χ3n) is 7.48. The van der Waals surface area contributed by atoms with Crippen LogP contribution in [0.1, 0.15) is 75.7 Å². The van der Waals surface area contributed by atoms with Crippen molar-refractivity contribution >= 4 is 32.2 Å². The number of hydrogen-bond donors (Lipinski definition) is 1. The number of nitrogens with one attached hydrogen (secondary N) is 1. The average molecular weight is 530 g/mol. The minimum absolute atomic E-state index is 0.0132. The molecule has 1 aliphatic heterocycles. The summed E-state index contributed by atoms with van der Waals surface area (Å²) in [4.78, 5) is 25.5. The molecule has 1 aliphatic carbocycles. The van der Waals surface area contributed by atoms with Gasteiger partial charge in [-0.15, -0.1) is 11.3 Å². The Hall–Kier alpha value is -2.35. The highest BCUT2D eigenvalue weighted by atomic mass is 32.2. The van der Waals surface area contributed by atoms with Crippen LogP contribution in [-0.4, -0.2) is 41.5 Å². The molecule has 2 aromatic rings. The second kappa shape index (κ2) is 10.6. The Morgan fingerprint density at radius 2 is 2.06 bits per heavy atom. The van der Waals surface area contributed by atoms with Crippen molar-refractivity contribution < 1.29 is 13.2 Å². The van der Waals surface area contributed by atoms with Gasteiger partial charge < -0.3 is 5.32 Å². The first kappa shape index (κ1) is 26.7. The number of hydrogen-bond acceptors (Lipinski definition) is 8. The molecule has 2 aliphatic rings. The van der Waals surface area contributed by atoms with Crippen molar-refractivity contribution in [1.82, 2.24) is 14.9 Å². The molecule has 0 spiro atoms. The minimum Gasteiger partial charge on any atom is -0.302 e. The molecule has 0 aromatic carbocycles. The maximum atomic E-state index is 12.6. The second-order valence-corrected chi connectivity index (χ2v) is 14.0. The van der Waals surface area contributed by atoms with Crippen molar-refractivity contribution in [2.75, 3.05) is 17.6 Å². The fourth-order valence-electron chi connectivity index (χ4n) is 5.27. The van der Waals surface area contributed by atoms with Crippen molar-refractivity contribution in [2.24, 2.45) is 17.3 Å². The van der Waals surface area contributed by atoms with Gasteiger partial charge in [0.25, 0.3) is 0 Å². The number of pyridine rings is 1. The number of sulfone groups is 1. The monoisotopic (exact) mass is 529 g/mol. The first-order valence-electron chi connectivity index (χ1n) is 12.7. The van der Waals surface area contributed by atoms with Gasteiger partial charge in [0.2, 0.25) is 5.91 Å². The van der Waals surface area contributed by atoms with Gasteiger partial charge in [-0.2, -0.15) is 5.26 Å². The smallest absolute Gasteiger partial charge is 0.232 e. The van der Waals surface area contributed by atoms with Crippen molar-refractivity contribution in [2.45, 2.75) is 77.3 Å². The van der Waals surface area contributed by atoms with Crippen molar-refractivity contribution in [3.63, 3.8) is 0 Å². The van der Waals surface area contributed by atoms with Gasteiger partial charge in [0, 0.05) is 29.9 Å². The Balaban J connectivity index is 1.37. The van der Waals surface area contributed by atoms with Gasteiger partial charge in [-0.25, -0.2) is 13.4 Å². The average Bonchev–Trinajstić information content (AvgIpc) is 3.37. The zero-order valence-corrected chi connectivity index (χ0v) is 23.1. The lowest BCUT2D eigenvalue weighted by Crippen LogP contribution is -2.34. The van der Waals surface area contributed by atoms with E-state index in [2.05, 4.69) is 42.0 Å². The summed E-state index contributed by atoms with van der Waals surface area (Å²) in [7, 11) is -3.31. The van der Waals surface area contributed by atoms with Crippen LogP contribution in [0.3, 0.4) is 0 Å². The van der Waals surface area contributed by atoms with Gasteiger partial charge in [-0.1, -0.05) is 20.8 Å². The molecule has 3 heterocycles. The quantitative estimate of drug-likeness (QED) is 0.525. The van der Waals surface area contributed by atoms with Gasteiger partial charge in [0.1, 0.15) is 0 Å². The predicted octanol–water partition coefficient (Wildman–Crippen LogP) is 4.75. The number of amides is 1. The lowest BCUT2D eigenvalue weighted by molar-refractivity contribution is -0.115. The zero-order chi connectivity index (χ0) is 26.1. The number of carbonyl (C=O) groups excluding carboxylic acids is 1. The molecule has 4 rings (SSSR count). The zero-order valence-electron chi connectivity index (χ0n) is 21.5. The van der Waals surface area contributed by atoms with E-state index in [1.54, 1.807) is 13.0 Å². The Morgan fingerprint density at radius 1 is 1.33 bits per heavy atom. The molecule has 1 fully saturated rings. The summed E-state index contributed by atoms with van der Waals surface area (Å²) >= 11 is 1.53. The molecular weight excluding hydrogens is 494 g/mol. The molecular formula is C26H35N5O3S2. The van der Waals surface area contributed by atoms with Crippen LogP contribution in [0.4, 0.5) is 5.13 Å². The molecule has 0 unspecified atom stereocenters. The molecule has 0 radical (unpaired) electrons. The first-order valence-corrected chi connectivity index (χ1v) is 15.1. The molecule has 0 saturated heterocycles. The van der Waals surface area contributed by atoms with Gasteiger partial charge in [0.15, 0.2) is 15.0 Å². The lowest BCUT2D eigenvalue weighted by atomic mass is 9.72. The second-order valence-electron chi connectivity index (χ2n) is 10.7. The van der Waals surface area contributed by atoms with E-state index in [0.29, 0.717) is 22.7 Å². The maximum Gasteiger partial charge on any atom is 0.232 e. The van der Waals surface area contributed by atoms with E-state index >= 15 is 0 Å². The van der Waals surface area contributed by atoms with E-state index in [1.165, 1.54) is 28.5 Å². The molecule has 10 heteroatoms. The van der Waals surface area contributed by atoms with Crippen LogP contribution in [0.15, 0.2) is 23.2 Å². The fourth-order valence-corrected chi connectivity index (χ4v) is 7.13. The largest absolute Gasteiger partial charge is 0.302 e. The van der Waals surface area contributed by atoms with Crippen LogP contribution in [0.25, 0.3) is 0 Å². The highest BCUT2D eigenvalue weighted by Gasteiger charge is 2.39. The van der Waals surface area contributed by atoms with Gasteiger partial charge in [0.05, 0.1) is 40.3 Å². The molecule has 1 amide bonds. The molecule has 1 N–H and O–H groups in total. The van der Waals surface area contributed by atoms with Crippen LogP contribution in [0.5, 0.6) is 0 Å². The summed E-state index contributed by atoms with van der Waals surface area (Å²) in [5.74, 6) is 0.792. The predicted molar refractivity (Wildman–Crippen MR) is 140 cm³/mol. The van der Waals surface area contributed by atoms with Crippen LogP contribution in [-0.2, 0) is 27.6 Å². The third-order valence-corrected chi connectivity index (χ3v) is 10.2. The minimum atomic E-state index is -3.31. The SMILES string of the molecule is CCS(=O)(=O)c1ccc(CC(=O)Nc2nc3c(s2)CN(CC2CCC(C)(C#N)CC2)[C@H]3C(C)C)nc1. The number of thiazole rings is 1. The highest BCUT2D eigenvalue weighted by Crippen LogP contribution is 2.45. The van der Waals surface area contributed by atoms with E-state index in [1.807, 2.05) is 0 Å². The van der Waals surface area contributed by atoms with Crippen LogP contribution in [0, 0.1) is 28.6 Å². The number of fused-ring (bicyclic) bond motifs is 1. The van der Waals surface area contributed by atoms with E-state index in [-0.39, 0.29) is 34.4 Å². The van der Waals surface area contributed by atoms with Crippen LogP contribution < -0.4 is 5.32 Å². The van der Waals surface area contributed by atoms with Gasteiger partial charge in [-0.05, 0) is 56.6 Å². The lowest BCUT2D eigenvalue weighted by Gasteiger charge is -2.36. The van der Waals surface area contributed by atoms with Crippen LogP contribution >= 0.6 is 11.3 Å². The van der Waals surface area contributed by atoms with E-state index in [9.17, 15) is 18.5 Å². The summed E-state index contributed by atoms with van der Waals surface area (Å²) < 4.78 is 23.9. The van der Waals surface area contributed by atoms with E-state index < -0.39 is 9.84 Å². The van der Waals surface area contributed by atoms with E-state index in [0.717, 1.165) is 44.5 Å². The summed E-state index contributed by atoms with van der Waals surface area (Å²) in [6, 6.07) is 5.80. The first-order chi connectivity index (χ1) is 17.0. The van der Waals surface area contributed by atoms with Crippen molar-refractivity contribution in [3.8, 4) is 6.07 Å². The highest BCUT2D eigenvalue weighted by molar-refractivity contribution is 7.91. The van der Waals surface area contributed by atoms with Crippen molar-refractivity contribution in [1.29, 1.82) is 5.26 Å². The maximum absolute atomic E-state index is 12.6. The summed E-state index contributed by atoms with van der Waals surface area (Å²) in [5, 5.41) is 12.9. The Bertz CT molecular complexity index is 1240. The van der Waals surface area contributed by atoms with Gasteiger partial charge in [-0.3, -0.25) is 14.7 Å². The third kappa shape index (κ3) is 5.79. The number of nitriles is 1. The molecule has 36 heavy (non-hydrogen) atoms. The van der Waals surface area contributed by atoms with E-state index in [4.69, 9.17) is 4.98 Å². The Labute approximate surface area is 218 Å².